The topological polar surface area (TPSA) is 77.3 Å². The Kier molecular flexibility index (Phi) is 7.03. The van der Waals surface area contributed by atoms with Crippen LogP contribution in [-0.4, -0.2) is 49.8 Å². The number of aromatic nitrogens is 2. The van der Waals surface area contributed by atoms with E-state index in [2.05, 4.69) is 45.5 Å². The molecule has 1 unspecified atom stereocenters. The van der Waals surface area contributed by atoms with Crippen LogP contribution in [0.1, 0.15) is 43.4 Å². The zero-order chi connectivity index (χ0) is 26.1. The lowest BCUT2D eigenvalue weighted by Crippen LogP contribution is -2.39. The minimum Gasteiger partial charge on any atom is -0.463 e. The second-order valence-electron chi connectivity index (χ2n) is 11.2. The van der Waals surface area contributed by atoms with E-state index in [4.69, 9.17) is 26.3 Å². The van der Waals surface area contributed by atoms with Crippen LogP contribution >= 0.6 is 11.6 Å². The molecule has 0 amide bonds. The van der Waals surface area contributed by atoms with Gasteiger partial charge in [0, 0.05) is 54.7 Å². The number of nitrogens with zero attached hydrogens (tertiary/aromatic N) is 5. The van der Waals surface area contributed by atoms with Crippen molar-refractivity contribution in [2.75, 3.05) is 49.6 Å². The van der Waals surface area contributed by atoms with Gasteiger partial charge in [0.05, 0.1) is 29.9 Å². The van der Waals surface area contributed by atoms with Gasteiger partial charge in [-0.2, -0.15) is 15.2 Å². The largest absolute Gasteiger partial charge is 0.463 e. The normalized spacial score (nSPS) is 20.2. The molecular formula is C30H35ClN6O. The smallest absolute Gasteiger partial charge is 0.318 e. The van der Waals surface area contributed by atoms with Gasteiger partial charge in [0.25, 0.3) is 0 Å². The van der Waals surface area contributed by atoms with Gasteiger partial charge in [-0.05, 0) is 62.6 Å². The SMILES string of the molecule is CNCC1(COc2nc3c(c(N4CCCC(CC#N)C4)n2)CCN(c2cccc4cccc(Cl)c24)C3)CC1. The van der Waals surface area contributed by atoms with E-state index in [0.717, 1.165) is 78.4 Å². The van der Waals surface area contributed by atoms with Crippen molar-refractivity contribution in [1.82, 2.24) is 15.3 Å². The highest BCUT2D eigenvalue weighted by Gasteiger charge is 2.43. The van der Waals surface area contributed by atoms with Gasteiger partial charge in [-0.15, -0.1) is 0 Å². The maximum Gasteiger partial charge on any atom is 0.318 e. The quantitative estimate of drug-likeness (QED) is 0.420. The predicted molar refractivity (Wildman–Crippen MR) is 152 cm³/mol. The van der Waals surface area contributed by atoms with E-state index >= 15 is 0 Å². The third-order valence-electron chi connectivity index (χ3n) is 8.41. The first-order chi connectivity index (χ1) is 18.6. The number of hydrogen-bond acceptors (Lipinski definition) is 7. The first kappa shape index (κ1) is 25.2. The molecule has 7 nitrogen and oxygen atoms in total. The number of ether oxygens (including phenoxy) is 1. The highest BCUT2D eigenvalue weighted by Crippen LogP contribution is 2.45. The Balaban J connectivity index is 1.34. The molecule has 0 bridgehead atoms. The summed E-state index contributed by atoms with van der Waals surface area (Å²) in [5.41, 5.74) is 3.58. The number of rotatable bonds is 8. The maximum absolute atomic E-state index is 9.31. The Labute approximate surface area is 229 Å². The van der Waals surface area contributed by atoms with Crippen molar-refractivity contribution in [3.05, 3.63) is 52.7 Å². The van der Waals surface area contributed by atoms with E-state index in [9.17, 15) is 5.26 Å². The summed E-state index contributed by atoms with van der Waals surface area (Å²) in [5, 5.41) is 15.6. The molecule has 1 saturated heterocycles. The van der Waals surface area contributed by atoms with Crippen LogP contribution in [0.15, 0.2) is 36.4 Å². The average molecular weight is 531 g/mol. The lowest BCUT2D eigenvalue weighted by atomic mass is 9.94. The molecule has 1 saturated carbocycles. The summed E-state index contributed by atoms with van der Waals surface area (Å²) >= 11 is 6.68. The molecular weight excluding hydrogens is 496 g/mol. The number of halogens is 1. The number of piperidine rings is 1. The maximum atomic E-state index is 9.31. The molecule has 2 aromatic carbocycles. The molecule has 1 N–H and O–H groups in total. The molecule has 0 radical (unpaired) electrons. The third kappa shape index (κ3) is 5.00. The molecule has 3 heterocycles. The van der Waals surface area contributed by atoms with Crippen LogP contribution in [0.2, 0.25) is 5.02 Å². The van der Waals surface area contributed by atoms with Gasteiger partial charge in [0.15, 0.2) is 0 Å². The minimum atomic E-state index is 0.197. The van der Waals surface area contributed by atoms with E-state index in [0.29, 0.717) is 31.5 Å². The minimum absolute atomic E-state index is 0.197. The van der Waals surface area contributed by atoms with Gasteiger partial charge in [-0.25, -0.2) is 0 Å². The van der Waals surface area contributed by atoms with Crippen molar-refractivity contribution in [3.8, 4) is 12.1 Å². The lowest BCUT2D eigenvalue weighted by Gasteiger charge is -2.37. The summed E-state index contributed by atoms with van der Waals surface area (Å²) in [7, 11) is 2.00. The molecule has 3 aliphatic rings. The Hall–Kier alpha value is -3.08. The fraction of sp³-hybridized carbons (Fsp3) is 0.500. The van der Waals surface area contributed by atoms with Crippen molar-refractivity contribution in [2.24, 2.45) is 11.3 Å². The summed E-state index contributed by atoms with van der Waals surface area (Å²) in [6.07, 6.45) is 5.96. The molecule has 1 atom stereocenters. The molecule has 198 valence electrons. The molecule has 2 fully saturated rings. The van der Waals surface area contributed by atoms with Crippen LogP contribution in [0.4, 0.5) is 11.5 Å². The summed E-state index contributed by atoms with van der Waals surface area (Å²) in [5.74, 6) is 1.38. The van der Waals surface area contributed by atoms with Gasteiger partial charge < -0.3 is 19.9 Å². The summed E-state index contributed by atoms with van der Waals surface area (Å²) < 4.78 is 6.31. The van der Waals surface area contributed by atoms with E-state index in [1.165, 1.54) is 18.4 Å². The van der Waals surface area contributed by atoms with Crippen LogP contribution in [0.3, 0.4) is 0 Å². The molecule has 8 heteroatoms. The summed E-state index contributed by atoms with van der Waals surface area (Å²) in [4.78, 5) is 14.8. The number of anilines is 2. The van der Waals surface area contributed by atoms with E-state index < -0.39 is 0 Å². The highest BCUT2D eigenvalue weighted by molar-refractivity contribution is 6.36. The zero-order valence-electron chi connectivity index (χ0n) is 22.0. The van der Waals surface area contributed by atoms with Gasteiger partial charge in [0.2, 0.25) is 0 Å². The molecule has 3 aromatic rings. The Morgan fingerprint density at radius 1 is 1.16 bits per heavy atom. The van der Waals surface area contributed by atoms with Gasteiger partial charge >= 0.3 is 6.01 Å². The van der Waals surface area contributed by atoms with Crippen molar-refractivity contribution in [3.63, 3.8) is 0 Å². The Bertz CT molecular complexity index is 1360. The van der Waals surface area contributed by atoms with Crippen molar-refractivity contribution < 1.29 is 4.74 Å². The number of nitriles is 1. The monoisotopic (exact) mass is 530 g/mol. The van der Waals surface area contributed by atoms with Crippen LogP contribution in [0.25, 0.3) is 10.8 Å². The third-order valence-corrected chi connectivity index (χ3v) is 8.73. The highest BCUT2D eigenvalue weighted by atomic mass is 35.5. The van der Waals surface area contributed by atoms with E-state index in [-0.39, 0.29) is 5.41 Å². The summed E-state index contributed by atoms with van der Waals surface area (Å²) in [6.45, 7) is 4.95. The van der Waals surface area contributed by atoms with Crippen LogP contribution < -0.4 is 19.9 Å². The van der Waals surface area contributed by atoms with Gasteiger partial charge in [-0.1, -0.05) is 35.9 Å². The Morgan fingerprint density at radius 3 is 2.79 bits per heavy atom. The van der Waals surface area contributed by atoms with Crippen LogP contribution in [-0.2, 0) is 13.0 Å². The van der Waals surface area contributed by atoms with E-state index in [1.54, 1.807) is 0 Å². The second kappa shape index (κ2) is 10.6. The first-order valence-corrected chi connectivity index (χ1v) is 14.2. The molecule has 0 spiro atoms. The molecule has 2 aliphatic heterocycles. The fourth-order valence-corrected chi connectivity index (χ4v) is 6.43. The first-order valence-electron chi connectivity index (χ1n) is 13.8. The fourth-order valence-electron chi connectivity index (χ4n) is 6.15. The van der Waals surface area contributed by atoms with E-state index in [1.807, 2.05) is 19.2 Å². The Morgan fingerprint density at radius 2 is 2.00 bits per heavy atom. The zero-order valence-corrected chi connectivity index (χ0v) is 22.8. The lowest BCUT2D eigenvalue weighted by molar-refractivity contribution is 0.215. The van der Waals surface area contributed by atoms with Crippen molar-refractivity contribution >= 4 is 33.9 Å². The molecule has 6 rings (SSSR count). The number of fused-ring (bicyclic) bond motifs is 2. The van der Waals surface area contributed by atoms with Crippen LogP contribution in [0, 0.1) is 22.7 Å². The average Bonchev–Trinajstić information content (AvgIpc) is 3.71. The molecule has 38 heavy (non-hydrogen) atoms. The molecule has 1 aromatic heterocycles. The predicted octanol–water partition coefficient (Wildman–Crippen LogP) is 5.35. The summed E-state index contributed by atoms with van der Waals surface area (Å²) in [6, 6.07) is 15.3. The van der Waals surface area contributed by atoms with Gasteiger partial charge in [0.1, 0.15) is 5.82 Å². The van der Waals surface area contributed by atoms with Gasteiger partial charge in [-0.3, -0.25) is 0 Å². The number of benzene rings is 2. The number of nitrogens with one attached hydrogen (secondary N) is 1. The van der Waals surface area contributed by atoms with Crippen molar-refractivity contribution in [2.45, 2.75) is 45.1 Å². The van der Waals surface area contributed by atoms with Crippen LogP contribution in [0.5, 0.6) is 6.01 Å². The standard InChI is InChI=1S/C30H35ClN6O/c1-33-19-30(12-13-30)20-38-29-34-25-18-36(26-9-3-7-22-6-2-8-24(31)27(22)26)16-11-23(25)28(35-29)37-15-4-5-21(17-37)10-14-32/h2-3,6-9,21,33H,4-5,10-13,15-20H2,1H3. The second-order valence-corrected chi connectivity index (χ2v) is 11.6. The van der Waals surface area contributed by atoms with Crippen molar-refractivity contribution in [1.29, 1.82) is 5.26 Å². The molecule has 1 aliphatic carbocycles. The number of hydrogen-bond donors (Lipinski definition) is 1.